The van der Waals surface area contributed by atoms with Gasteiger partial charge < -0.3 is 5.73 Å². The summed E-state index contributed by atoms with van der Waals surface area (Å²) in [5.41, 5.74) is 5.52. The standard InChI is InChI=1S/C8H9FN2O/c1-5(8(10)12)7-3-2-6(9)4-11-7/h2-5H,1H3,(H2,10,12). The van der Waals surface area contributed by atoms with Gasteiger partial charge in [-0.25, -0.2) is 4.39 Å². The SMILES string of the molecule is CC(C(N)=O)c1ccc(F)cn1. The van der Waals surface area contributed by atoms with Gasteiger partial charge in [-0.1, -0.05) is 0 Å². The molecule has 4 heteroatoms. The van der Waals surface area contributed by atoms with Gasteiger partial charge in [-0.05, 0) is 19.1 Å². The Hall–Kier alpha value is -1.45. The molecule has 1 heterocycles. The average molecular weight is 168 g/mol. The van der Waals surface area contributed by atoms with Gasteiger partial charge in [0.25, 0.3) is 0 Å². The van der Waals surface area contributed by atoms with Crippen LogP contribution in [0.25, 0.3) is 0 Å². The lowest BCUT2D eigenvalue weighted by Crippen LogP contribution is -2.19. The Kier molecular flexibility index (Phi) is 2.38. The number of nitrogens with two attached hydrogens (primary N) is 1. The van der Waals surface area contributed by atoms with E-state index in [0.29, 0.717) is 5.69 Å². The topological polar surface area (TPSA) is 56.0 Å². The van der Waals surface area contributed by atoms with Gasteiger partial charge >= 0.3 is 0 Å². The number of hydrogen-bond donors (Lipinski definition) is 1. The summed E-state index contributed by atoms with van der Waals surface area (Å²) in [6, 6.07) is 2.70. The molecule has 1 aromatic heterocycles. The molecule has 2 N–H and O–H groups in total. The number of pyridine rings is 1. The van der Waals surface area contributed by atoms with Gasteiger partial charge in [-0.15, -0.1) is 0 Å². The molecule has 64 valence electrons. The zero-order chi connectivity index (χ0) is 9.14. The maximum Gasteiger partial charge on any atom is 0.226 e. The molecular formula is C8H9FN2O. The number of primary amides is 1. The molecular weight excluding hydrogens is 159 g/mol. The van der Waals surface area contributed by atoms with Gasteiger partial charge in [-0.3, -0.25) is 9.78 Å². The van der Waals surface area contributed by atoms with E-state index in [1.807, 2.05) is 0 Å². The predicted octanol–water partition coefficient (Wildman–Crippen LogP) is 0.809. The van der Waals surface area contributed by atoms with Crippen LogP contribution in [-0.2, 0) is 4.79 Å². The zero-order valence-electron chi connectivity index (χ0n) is 6.62. The summed E-state index contributed by atoms with van der Waals surface area (Å²) in [6.45, 7) is 1.63. The molecule has 0 aliphatic rings. The van der Waals surface area contributed by atoms with Crippen LogP contribution >= 0.6 is 0 Å². The minimum absolute atomic E-state index is 0.421. The molecule has 0 aliphatic carbocycles. The fraction of sp³-hybridized carbons (Fsp3) is 0.250. The Labute approximate surface area is 69.4 Å². The van der Waals surface area contributed by atoms with Crippen molar-refractivity contribution in [2.45, 2.75) is 12.8 Å². The molecule has 12 heavy (non-hydrogen) atoms. The quantitative estimate of drug-likeness (QED) is 0.710. The monoisotopic (exact) mass is 168 g/mol. The first kappa shape index (κ1) is 8.64. The molecule has 1 aromatic rings. The van der Waals surface area contributed by atoms with E-state index < -0.39 is 17.6 Å². The normalized spacial score (nSPS) is 12.5. The van der Waals surface area contributed by atoms with Gasteiger partial charge in [0.1, 0.15) is 5.82 Å². The van der Waals surface area contributed by atoms with Crippen LogP contribution in [0.2, 0.25) is 0 Å². The number of nitrogens with zero attached hydrogens (tertiary/aromatic N) is 1. The third-order valence-corrected chi connectivity index (χ3v) is 1.62. The highest BCUT2D eigenvalue weighted by atomic mass is 19.1. The maximum absolute atomic E-state index is 12.4. The number of amides is 1. The van der Waals surface area contributed by atoms with Crippen molar-refractivity contribution < 1.29 is 9.18 Å². The maximum atomic E-state index is 12.4. The molecule has 1 amide bonds. The van der Waals surface area contributed by atoms with E-state index in [1.54, 1.807) is 6.92 Å². The second-order valence-corrected chi connectivity index (χ2v) is 2.53. The summed E-state index contributed by atoms with van der Waals surface area (Å²) in [7, 11) is 0. The van der Waals surface area contributed by atoms with Crippen LogP contribution in [0.3, 0.4) is 0 Å². The number of carbonyl (C=O) groups excluding carboxylic acids is 1. The van der Waals surface area contributed by atoms with Crippen molar-refractivity contribution in [1.29, 1.82) is 0 Å². The average Bonchev–Trinajstić information content (AvgIpc) is 2.04. The molecule has 0 aromatic carbocycles. The van der Waals surface area contributed by atoms with Crippen LogP contribution in [0.5, 0.6) is 0 Å². The van der Waals surface area contributed by atoms with E-state index in [0.717, 1.165) is 6.20 Å². The molecule has 0 aliphatic heterocycles. The highest BCUT2D eigenvalue weighted by molar-refractivity contribution is 5.80. The number of carbonyl (C=O) groups is 1. The van der Waals surface area contributed by atoms with Gasteiger partial charge in [-0.2, -0.15) is 0 Å². The lowest BCUT2D eigenvalue weighted by atomic mass is 10.1. The summed E-state index contributed by atoms with van der Waals surface area (Å²) in [4.78, 5) is 14.4. The molecule has 0 fully saturated rings. The molecule has 0 radical (unpaired) electrons. The number of halogens is 1. The highest BCUT2D eigenvalue weighted by Crippen LogP contribution is 2.10. The van der Waals surface area contributed by atoms with Gasteiger partial charge in [0.05, 0.1) is 17.8 Å². The second-order valence-electron chi connectivity index (χ2n) is 2.53. The number of aromatic nitrogens is 1. The summed E-state index contributed by atoms with van der Waals surface area (Å²) in [6.07, 6.45) is 1.06. The van der Waals surface area contributed by atoms with Crippen molar-refractivity contribution in [1.82, 2.24) is 4.98 Å². The summed E-state index contributed by atoms with van der Waals surface area (Å²) in [5, 5.41) is 0. The zero-order valence-corrected chi connectivity index (χ0v) is 6.62. The Bertz CT molecular complexity index is 284. The van der Waals surface area contributed by atoms with Gasteiger partial charge in [0.2, 0.25) is 5.91 Å². The second kappa shape index (κ2) is 3.30. The molecule has 0 bridgehead atoms. The van der Waals surface area contributed by atoms with Crippen LogP contribution in [-0.4, -0.2) is 10.9 Å². The summed E-state index contributed by atoms with van der Waals surface area (Å²) >= 11 is 0. The molecule has 0 saturated heterocycles. The van der Waals surface area contributed by atoms with E-state index in [2.05, 4.69) is 4.98 Å². The van der Waals surface area contributed by atoms with E-state index in [-0.39, 0.29) is 0 Å². The highest BCUT2D eigenvalue weighted by Gasteiger charge is 2.12. The Morgan fingerprint density at radius 3 is 2.75 bits per heavy atom. The van der Waals surface area contributed by atoms with Crippen LogP contribution < -0.4 is 5.73 Å². The fourth-order valence-electron chi connectivity index (χ4n) is 0.789. The van der Waals surface area contributed by atoms with Gasteiger partial charge in [0, 0.05) is 0 Å². The van der Waals surface area contributed by atoms with Crippen molar-refractivity contribution in [2.24, 2.45) is 5.73 Å². The first-order valence-electron chi connectivity index (χ1n) is 3.52. The van der Waals surface area contributed by atoms with Crippen molar-refractivity contribution >= 4 is 5.91 Å². The van der Waals surface area contributed by atoms with Gasteiger partial charge in [0.15, 0.2) is 0 Å². The fourth-order valence-corrected chi connectivity index (χ4v) is 0.789. The predicted molar refractivity (Wildman–Crippen MR) is 41.8 cm³/mol. The lowest BCUT2D eigenvalue weighted by molar-refractivity contribution is -0.119. The van der Waals surface area contributed by atoms with Crippen LogP contribution in [0.4, 0.5) is 4.39 Å². The Morgan fingerprint density at radius 1 is 1.67 bits per heavy atom. The van der Waals surface area contributed by atoms with E-state index in [9.17, 15) is 9.18 Å². The van der Waals surface area contributed by atoms with Crippen molar-refractivity contribution in [2.75, 3.05) is 0 Å². The lowest BCUT2D eigenvalue weighted by Gasteiger charge is -2.04. The number of hydrogen-bond acceptors (Lipinski definition) is 2. The Morgan fingerprint density at radius 2 is 2.33 bits per heavy atom. The Balaban J connectivity index is 2.89. The third-order valence-electron chi connectivity index (χ3n) is 1.62. The smallest absolute Gasteiger partial charge is 0.226 e. The van der Waals surface area contributed by atoms with Crippen molar-refractivity contribution in [3.05, 3.63) is 29.8 Å². The van der Waals surface area contributed by atoms with E-state index in [1.165, 1.54) is 12.1 Å². The van der Waals surface area contributed by atoms with Crippen LogP contribution in [0, 0.1) is 5.82 Å². The minimum Gasteiger partial charge on any atom is -0.369 e. The molecule has 1 rings (SSSR count). The van der Waals surface area contributed by atoms with Crippen molar-refractivity contribution in [3.8, 4) is 0 Å². The first-order chi connectivity index (χ1) is 5.61. The summed E-state index contributed by atoms with van der Waals surface area (Å²) in [5.74, 6) is -1.35. The largest absolute Gasteiger partial charge is 0.369 e. The first-order valence-corrected chi connectivity index (χ1v) is 3.52. The number of rotatable bonds is 2. The van der Waals surface area contributed by atoms with Crippen LogP contribution in [0.15, 0.2) is 18.3 Å². The van der Waals surface area contributed by atoms with E-state index in [4.69, 9.17) is 5.73 Å². The van der Waals surface area contributed by atoms with Crippen molar-refractivity contribution in [3.63, 3.8) is 0 Å². The molecule has 0 saturated carbocycles. The molecule has 1 atom stereocenters. The summed E-state index contributed by atoms with van der Waals surface area (Å²) < 4.78 is 12.4. The molecule has 3 nitrogen and oxygen atoms in total. The minimum atomic E-state index is -0.467. The molecule has 0 spiro atoms. The van der Waals surface area contributed by atoms with Crippen LogP contribution in [0.1, 0.15) is 18.5 Å². The molecule has 1 unspecified atom stereocenters. The third kappa shape index (κ3) is 1.78. The van der Waals surface area contributed by atoms with E-state index >= 15 is 0 Å².